The molecule has 4 nitrogen and oxygen atoms in total. The fourth-order valence-corrected chi connectivity index (χ4v) is 2.47. The molecule has 0 bridgehead atoms. The maximum Gasteiger partial charge on any atom is 0.231 e. The molecule has 1 atom stereocenters. The number of nitro groups is 1. The van der Waals surface area contributed by atoms with Crippen molar-refractivity contribution >= 4 is 6.29 Å². The molecule has 0 aromatic heterocycles. The molecule has 0 saturated heterocycles. The smallest absolute Gasteiger partial charge is 0.231 e. The summed E-state index contributed by atoms with van der Waals surface area (Å²) in [4.78, 5) is 20.9. The highest BCUT2D eigenvalue weighted by atomic mass is 16.6. The molecule has 22 heavy (non-hydrogen) atoms. The zero-order chi connectivity index (χ0) is 16.5. The van der Waals surface area contributed by atoms with Crippen molar-refractivity contribution in [2.45, 2.75) is 96.4 Å². The second kappa shape index (κ2) is 16.2. The van der Waals surface area contributed by atoms with Crippen LogP contribution in [-0.4, -0.2) is 17.3 Å². The minimum atomic E-state index is -0.503. The summed E-state index contributed by atoms with van der Waals surface area (Å²) >= 11 is 0. The molecule has 0 fully saturated rings. The zero-order valence-electron chi connectivity index (χ0n) is 14.1. The first kappa shape index (κ1) is 20.8. The second-order valence-electron chi connectivity index (χ2n) is 5.93. The van der Waals surface area contributed by atoms with Crippen LogP contribution in [0.1, 0.15) is 90.4 Å². The monoisotopic (exact) mass is 310 g/mol. The van der Waals surface area contributed by atoms with Crippen LogP contribution in [0.15, 0.2) is 12.2 Å². The van der Waals surface area contributed by atoms with E-state index in [9.17, 15) is 14.9 Å². The molecule has 1 radical (unpaired) electrons. The number of rotatable bonds is 16. The topological polar surface area (TPSA) is 60.2 Å². The van der Waals surface area contributed by atoms with Crippen LogP contribution in [0, 0.1) is 10.1 Å². The Balaban J connectivity index is 3.60. The highest BCUT2D eigenvalue weighted by molar-refractivity contribution is 5.50. The lowest BCUT2D eigenvalue weighted by atomic mass is 10.1. The quantitative estimate of drug-likeness (QED) is 0.166. The van der Waals surface area contributed by atoms with E-state index in [0.717, 1.165) is 51.4 Å². The van der Waals surface area contributed by atoms with Crippen LogP contribution in [0.2, 0.25) is 0 Å². The predicted molar refractivity (Wildman–Crippen MR) is 91.3 cm³/mol. The predicted octanol–water partition coefficient (Wildman–Crippen LogP) is 5.39. The summed E-state index contributed by atoms with van der Waals surface area (Å²) in [5, 5.41) is 11.0. The van der Waals surface area contributed by atoms with Gasteiger partial charge in [0.05, 0.1) is 0 Å². The molecule has 0 rings (SSSR count). The van der Waals surface area contributed by atoms with E-state index in [1.54, 1.807) is 6.08 Å². The van der Waals surface area contributed by atoms with E-state index >= 15 is 0 Å². The highest BCUT2D eigenvalue weighted by Gasteiger charge is 2.14. The average Bonchev–Trinajstić information content (AvgIpc) is 2.50. The summed E-state index contributed by atoms with van der Waals surface area (Å²) in [6.07, 6.45) is 18.9. The number of nitrogens with zero attached hydrogens (tertiary/aromatic N) is 1. The molecule has 0 aliphatic carbocycles. The maximum absolute atomic E-state index is 11.0. The number of carbonyl (C=O) groups excluding carboxylic acids is 1. The van der Waals surface area contributed by atoms with Crippen LogP contribution >= 0.6 is 0 Å². The zero-order valence-corrected chi connectivity index (χ0v) is 14.1. The maximum atomic E-state index is 11.0. The SMILES string of the molecule is CCCCCCC(/C=C/CCCCCCCC[C]=O)[N+](=O)[O-]. The highest BCUT2D eigenvalue weighted by Crippen LogP contribution is 2.11. The van der Waals surface area contributed by atoms with Crippen molar-refractivity contribution in [3.05, 3.63) is 22.3 Å². The summed E-state index contributed by atoms with van der Waals surface area (Å²) < 4.78 is 0. The number of hydrogen-bond acceptors (Lipinski definition) is 3. The van der Waals surface area contributed by atoms with Gasteiger partial charge in [0.25, 0.3) is 0 Å². The largest absolute Gasteiger partial charge is 0.291 e. The Morgan fingerprint density at radius 3 is 2.27 bits per heavy atom. The molecule has 0 amide bonds. The third-order valence-corrected chi connectivity index (χ3v) is 3.88. The van der Waals surface area contributed by atoms with Gasteiger partial charge >= 0.3 is 0 Å². The van der Waals surface area contributed by atoms with Crippen LogP contribution in [0.4, 0.5) is 0 Å². The summed E-state index contributed by atoms with van der Waals surface area (Å²) in [6, 6.07) is -0.503. The third-order valence-electron chi connectivity index (χ3n) is 3.88. The van der Waals surface area contributed by atoms with E-state index in [1.165, 1.54) is 19.3 Å². The van der Waals surface area contributed by atoms with Crippen molar-refractivity contribution in [2.75, 3.05) is 0 Å². The van der Waals surface area contributed by atoms with Gasteiger partial charge in [0, 0.05) is 17.8 Å². The second-order valence-corrected chi connectivity index (χ2v) is 5.93. The fraction of sp³-hybridized carbons (Fsp3) is 0.833. The van der Waals surface area contributed by atoms with Gasteiger partial charge in [-0.3, -0.25) is 14.9 Å². The van der Waals surface area contributed by atoms with Crippen molar-refractivity contribution in [3.63, 3.8) is 0 Å². The molecule has 0 aliphatic rings. The minimum Gasteiger partial charge on any atom is -0.291 e. The molecule has 127 valence electrons. The lowest BCUT2D eigenvalue weighted by Crippen LogP contribution is -2.16. The number of hydrogen-bond donors (Lipinski definition) is 0. The normalized spacial score (nSPS) is 12.6. The molecule has 0 aliphatic heterocycles. The Bertz CT molecular complexity index is 303. The van der Waals surface area contributed by atoms with E-state index < -0.39 is 6.04 Å². The standard InChI is InChI=1S/C18H32NO3/c1-2-3-4-12-15-18(19(21)22)16-13-10-8-6-5-7-9-11-14-17-20/h13,16,18H,2-12,14-15H2,1H3/b16-13+. The van der Waals surface area contributed by atoms with Crippen molar-refractivity contribution in [3.8, 4) is 0 Å². The van der Waals surface area contributed by atoms with Gasteiger partial charge in [-0.15, -0.1) is 0 Å². The van der Waals surface area contributed by atoms with Gasteiger partial charge in [0.1, 0.15) is 0 Å². The Kier molecular flexibility index (Phi) is 15.3. The number of unbranched alkanes of at least 4 members (excludes halogenated alkanes) is 10. The van der Waals surface area contributed by atoms with Crippen LogP contribution in [0.25, 0.3) is 0 Å². The fourth-order valence-electron chi connectivity index (χ4n) is 2.47. The summed E-state index contributed by atoms with van der Waals surface area (Å²) in [6.45, 7) is 2.14. The van der Waals surface area contributed by atoms with E-state index in [0.29, 0.717) is 12.8 Å². The lowest BCUT2D eigenvalue weighted by molar-refractivity contribution is -0.510. The Hall–Kier alpha value is -1.19. The third kappa shape index (κ3) is 13.8. The van der Waals surface area contributed by atoms with Crippen molar-refractivity contribution in [1.29, 1.82) is 0 Å². The van der Waals surface area contributed by atoms with E-state index in [-0.39, 0.29) is 4.92 Å². The van der Waals surface area contributed by atoms with E-state index in [1.807, 2.05) is 12.4 Å². The molecule has 0 aromatic rings. The summed E-state index contributed by atoms with van der Waals surface area (Å²) in [5.74, 6) is 0. The van der Waals surface area contributed by atoms with Crippen molar-refractivity contribution in [1.82, 2.24) is 0 Å². The van der Waals surface area contributed by atoms with Crippen molar-refractivity contribution < 1.29 is 9.72 Å². The Labute approximate surface area is 135 Å². The Morgan fingerprint density at radius 2 is 1.64 bits per heavy atom. The minimum absolute atomic E-state index is 0.160. The van der Waals surface area contributed by atoms with Crippen molar-refractivity contribution in [2.24, 2.45) is 0 Å². The first-order valence-corrected chi connectivity index (χ1v) is 8.87. The van der Waals surface area contributed by atoms with Gasteiger partial charge in [-0.25, -0.2) is 0 Å². The summed E-state index contributed by atoms with van der Waals surface area (Å²) in [5.41, 5.74) is 0. The van der Waals surface area contributed by atoms with Gasteiger partial charge in [-0.05, 0) is 31.8 Å². The molecule has 4 heteroatoms. The molecular weight excluding hydrogens is 278 g/mol. The van der Waals surface area contributed by atoms with E-state index in [2.05, 4.69) is 6.92 Å². The van der Waals surface area contributed by atoms with Gasteiger partial charge < -0.3 is 0 Å². The first-order valence-electron chi connectivity index (χ1n) is 8.87. The molecule has 0 aromatic carbocycles. The molecule has 0 spiro atoms. The van der Waals surface area contributed by atoms with Crippen LogP contribution < -0.4 is 0 Å². The molecule has 0 heterocycles. The van der Waals surface area contributed by atoms with Gasteiger partial charge in [-0.1, -0.05) is 57.9 Å². The lowest BCUT2D eigenvalue weighted by Gasteiger charge is -2.04. The number of allylic oxidation sites excluding steroid dienone is 1. The van der Waals surface area contributed by atoms with Gasteiger partial charge in [0.2, 0.25) is 6.04 Å². The molecule has 1 unspecified atom stereocenters. The van der Waals surface area contributed by atoms with E-state index in [4.69, 9.17) is 0 Å². The van der Waals surface area contributed by atoms with Crippen LogP contribution in [0.3, 0.4) is 0 Å². The van der Waals surface area contributed by atoms with Gasteiger partial charge in [-0.2, -0.15) is 0 Å². The van der Waals surface area contributed by atoms with Crippen LogP contribution in [-0.2, 0) is 4.79 Å². The Morgan fingerprint density at radius 1 is 1.00 bits per heavy atom. The summed E-state index contributed by atoms with van der Waals surface area (Å²) in [7, 11) is 0. The van der Waals surface area contributed by atoms with Crippen LogP contribution in [0.5, 0.6) is 0 Å². The molecule has 0 saturated carbocycles. The van der Waals surface area contributed by atoms with Gasteiger partial charge in [0.15, 0.2) is 6.29 Å². The molecular formula is C18H32NO3. The molecule has 0 N–H and O–H groups in total. The average molecular weight is 310 g/mol. The first-order chi connectivity index (χ1) is 10.7.